The monoisotopic (exact) mass is 1240 g/mol. The Morgan fingerprint density at radius 1 is 0.593 bits per heavy atom. The average Bonchev–Trinajstić information content (AvgIpc) is 1.80. The lowest BCUT2D eigenvalue weighted by Gasteiger charge is -2.28. The van der Waals surface area contributed by atoms with Crippen molar-refractivity contribution in [1.29, 1.82) is 0 Å². The van der Waals surface area contributed by atoms with Crippen molar-refractivity contribution in [3.05, 3.63) is 147 Å². The molecule has 4 aromatic heterocycles. The summed E-state index contributed by atoms with van der Waals surface area (Å²) in [6.07, 6.45) is -11.1. The second-order valence-corrected chi connectivity index (χ2v) is 20.6. The van der Waals surface area contributed by atoms with Gasteiger partial charge in [-0.2, -0.15) is 9.97 Å². The van der Waals surface area contributed by atoms with Crippen LogP contribution in [-0.4, -0.2) is 153 Å². The third kappa shape index (κ3) is 13.1. The maximum Gasteiger partial charge on any atom is 0.351 e. The topological polar surface area (TPSA) is 332 Å². The second-order valence-electron chi connectivity index (χ2n) is 20.6. The molecule has 16 atom stereocenters. The van der Waals surface area contributed by atoms with Crippen LogP contribution >= 0.6 is 0 Å². The molecule has 9 rings (SSSR count). The van der Waals surface area contributed by atoms with Gasteiger partial charge in [0.1, 0.15) is 49.6 Å². The molecule has 0 spiro atoms. The van der Waals surface area contributed by atoms with Crippen LogP contribution in [0.15, 0.2) is 96.0 Å². The fourth-order valence-corrected chi connectivity index (χ4v) is 9.86. The van der Waals surface area contributed by atoms with Crippen LogP contribution in [0.2, 0.25) is 0 Å². The van der Waals surface area contributed by atoms with E-state index in [1.165, 1.54) is 26.0 Å². The minimum absolute atomic E-state index is 0.192. The lowest BCUT2D eigenvalue weighted by molar-refractivity contribution is -0.138. The Morgan fingerprint density at radius 3 is 1.36 bits per heavy atom. The summed E-state index contributed by atoms with van der Waals surface area (Å²) in [6.45, 7) is 1.88. The number of aromatic nitrogens is 8. The number of nitrogen functional groups attached to an aromatic ring is 1. The molecule has 0 unspecified atom stereocenters. The second kappa shape index (κ2) is 27.6. The fraction of sp³-hybridized carbons (Fsp3) is 0.558. The largest absolute Gasteiger partial charge is 0.393 e. The first-order chi connectivity index (χ1) is 40.6. The van der Waals surface area contributed by atoms with Crippen LogP contribution in [0.25, 0.3) is 0 Å². The van der Waals surface area contributed by atoms with Crippen LogP contribution < -0.4 is 44.9 Å². The lowest BCUT2D eigenvalue weighted by atomic mass is 9.86. The average molecular weight is 1240 g/mol. The van der Waals surface area contributed by atoms with E-state index in [1.807, 2.05) is 9.97 Å². The number of halogens is 10. The van der Waals surface area contributed by atoms with Crippen molar-refractivity contribution >= 4 is 17.5 Å². The van der Waals surface area contributed by atoms with Crippen molar-refractivity contribution in [3.8, 4) is 0 Å². The van der Waals surface area contributed by atoms with Crippen molar-refractivity contribution in [2.45, 2.75) is 126 Å². The number of carbonyl (C=O) groups is 1. The number of nitrogens with one attached hydrogen (secondary N) is 3. The maximum absolute atomic E-state index is 14.7. The number of aromatic amines is 2. The first kappa shape index (κ1) is 67.8. The first-order valence-electron chi connectivity index (χ1n) is 26.3. The molecule has 1 aromatic carbocycles. The highest BCUT2D eigenvalue weighted by atomic mass is 19.2. The number of nitrogens with two attached hydrogens (primary N) is 1. The van der Waals surface area contributed by atoms with Crippen LogP contribution in [0.3, 0.4) is 0 Å². The molecular weight excluding hydrogens is 1180 g/mol. The number of benzene rings is 1. The molecule has 0 radical (unpaired) electrons. The number of alkyl halides is 8. The molecule has 5 aromatic rings. The molecule has 474 valence electrons. The van der Waals surface area contributed by atoms with E-state index in [1.54, 1.807) is 39.0 Å². The van der Waals surface area contributed by atoms with Crippen molar-refractivity contribution in [1.82, 2.24) is 38.2 Å². The predicted molar refractivity (Wildman–Crippen MR) is 282 cm³/mol. The van der Waals surface area contributed by atoms with Gasteiger partial charge in [0.15, 0.2) is 78.5 Å². The molecule has 8 N–H and O–H groups in total. The number of hydrogen-bond donors (Lipinski definition) is 7. The Morgan fingerprint density at radius 2 is 0.977 bits per heavy atom. The number of amides is 1. The van der Waals surface area contributed by atoms with Gasteiger partial charge in [0, 0.05) is 47.8 Å². The van der Waals surface area contributed by atoms with Crippen molar-refractivity contribution < 1.29 is 83.0 Å². The molecular formula is C52H62F10N10O14. The minimum atomic E-state index is -2.25. The van der Waals surface area contributed by atoms with Crippen molar-refractivity contribution in [3.63, 3.8) is 0 Å². The van der Waals surface area contributed by atoms with Gasteiger partial charge in [0.05, 0.1) is 25.6 Å². The van der Waals surface area contributed by atoms with E-state index in [2.05, 4.69) is 15.3 Å². The van der Waals surface area contributed by atoms with Crippen LogP contribution in [0, 0.1) is 29.4 Å². The van der Waals surface area contributed by atoms with Gasteiger partial charge >= 0.3 is 22.8 Å². The highest BCUT2D eigenvalue weighted by Gasteiger charge is 2.58. The standard InChI is InChI=1S/C19H20F3N3O3.C12H16F2N2O3.C11H14F2N2O4.C10H12F3N3O4/c1-3-19(10-20)11(2)14(22)17(28-19)25-9-13(21)15(24-18(25)27)23-16(26)12-7-5-4-6-8-12;1-3-12(6-13)7(2)9(14)10(19-12)16-5-4-8(17)15-11(16)18;1-6-8(13)9(19-11(6,4-12)5-16)15-3-2-7(17)14-10(15)18;11-2-10(3-17)6(18)5(13)8(20-10)16-1-4(12)7(14)15-9(16)19/h4-9,11,14,17H,3,10H2,1-2H3,(H,23,24,26,27);4-5,7,9-10H,3,6H2,1-2H3,(H,15,17,18);2-3,6,8-9,16H,4-5H2,1H3,(H,14,17,18);1,5-6,8,17-18H,2-3H2,(H2,14,15,19)/t11-,14+,17+,19-;7-,9+,10+,12-;6-,8+,9+,11+;5-,6+,8-,10-/m0001/s1. The molecule has 24 nitrogen and oxygen atoms in total. The Bertz CT molecular complexity index is 3410. The van der Waals surface area contributed by atoms with E-state index < -0.39 is 199 Å². The van der Waals surface area contributed by atoms with Crippen molar-refractivity contribution in [2.24, 2.45) is 17.8 Å². The smallest absolute Gasteiger partial charge is 0.351 e. The SMILES string of the molecule is CC[C@@]1(CF)O[C@@H](n2cc(F)c(NC(=O)c3ccccc3)nc2=O)[C@H](F)[C@@H]1C.CC[C@@]1(CF)O[C@@H](n2ccc(=O)[nH]c2=O)[C@H](F)[C@@H]1C.C[C@H]1[C@@H](F)[C@H](n2ccc(=O)[nH]c2=O)O[C@@]1(CO)CF.Nc1nc(=O)n([C@@H]2O[C@@](CO)(CF)[C@@H](O)[C@H]2F)cc1F. The van der Waals surface area contributed by atoms with E-state index in [0.717, 1.165) is 33.7 Å². The molecule has 4 aliphatic rings. The first-order valence-corrected chi connectivity index (χ1v) is 26.3. The highest BCUT2D eigenvalue weighted by Crippen LogP contribution is 2.47. The van der Waals surface area contributed by atoms with E-state index in [0.29, 0.717) is 27.9 Å². The number of nitrogens with zero attached hydrogens (tertiary/aromatic N) is 6. The van der Waals surface area contributed by atoms with Crippen LogP contribution in [0.5, 0.6) is 0 Å². The number of H-pyrrole nitrogens is 2. The molecule has 4 fully saturated rings. The number of carbonyl (C=O) groups excluding carboxylic acids is 1. The molecule has 4 aliphatic heterocycles. The summed E-state index contributed by atoms with van der Waals surface area (Å²) < 4.78 is 161. The molecule has 8 heterocycles. The highest BCUT2D eigenvalue weighted by molar-refractivity contribution is 6.03. The quantitative estimate of drug-likeness (QED) is 0.0786. The molecule has 1 amide bonds. The van der Waals surface area contributed by atoms with Gasteiger partial charge in [-0.15, -0.1) is 0 Å². The van der Waals surface area contributed by atoms with Gasteiger partial charge in [-0.25, -0.2) is 63.1 Å². The third-order valence-electron chi connectivity index (χ3n) is 15.8. The predicted octanol–water partition coefficient (Wildman–Crippen LogP) is 3.05. The molecule has 86 heavy (non-hydrogen) atoms. The van der Waals surface area contributed by atoms with E-state index in [4.69, 9.17) is 29.8 Å². The van der Waals surface area contributed by atoms with E-state index in [-0.39, 0.29) is 12.0 Å². The van der Waals surface area contributed by atoms with Gasteiger partial charge in [0.2, 0.25) is 0 Å². The maximum atomic E-state index is 14.7. The summed E-state index contributed by atoms with van der Waals surface area (Å²) in [7, 11) is 0. The van der Waals surface area contributed by atoms with Gasteiger partial charge in [-0.3, -0.25) is 42.6 Å². The third-order valence-corrected chi connectivity index (χ3v) is 15.8. The normalized spacial score (nSPS) is 31.9. The van der Waals surface area contributed by atoms with Gasteiger partial charge in [-0.05, 0) is 25.0 Å². The summed E-state index contributed by atoms with van der Waals surface area (Å²) in [6, 6.07) is 10.1. The number of ether oxygens (including phenoxy) is 4. The summed E-state index contributed by atoms with van der Waals surface area (Å²) in [5, 5.41) is 30.1. The Kier molecular flexibility index (Phi) is 21.7. The van der Waals surface area contributed by atoms with E-state index in [9.17, 15) is 87.7 Å². The summed E-state index contributed by atoms with van der Waals surface area (Å²) in [4.78, 5) is 91.7. The molecule has 0 bridgehead atoms. The van der Waals surface area contributed by atoms with Crippen LogP contribution in [0.1, 0.15) is 82.7 Å². The molecule has 0 aliphatic carbocycles. The molecule has 4 saturated heterocycles. The Hall–Kier alpha value is -7.37. The number of rotatable bonds is 14. The lowest BCUT2D eigenvalue weighted by Crippen LogP contribution is -2.47. The zero-order chi connectivity index (χ0) is 64.0. The van der Waals surface area contributed by atoms with Gasteiger partial charge in [0.25, 0.3) is 17.0 Å². The van der Waals surface area contributed by atoms with Gasteiger partial charge in [-0.1, -0.05) is 52.8 Å². The minimum Gasteiger partial charge on any atom is -0.393 e. The summed E-state index contributed by atoms with van der Waals surface area (Å²) >= 11 is 0. The van der Waals surface area contributed by atoms with E-state index >= 15 is 0 Å². The van der Waals surface area contributed by atoms with Crippen LogP contribution in [-0.2, 0) is 18.9 Å². The number of anilines is 2. The zero-order valence-corrected chi connectivity index (χ0v) is 46.3. The van der Waals surface area contributed by atoms with Crippen LogP contribution in [0.4, 0.5) is 55.5 Å². The summed E-state index contributed by atoms with van der Waals surface area (Å²) in [5.41, 5.74) is -6.12. The number of aliphatic hydroxyl groups excluding tert-OH is 3. The fourth-order valence-electron chi connectivity index (χ4n) is 9.86. The molecule has 34 heteroatoms. The molecule has 0 saturated carbocycles. The number of aliphatic hydroxyl groups is 3. The summed E-state index contributed by atoms with van der Waals surface area (Å²) in [5.74, 6) is -6.49. The van der Waals surface area contributed by atoms with Crippen molar-refractivity contribution in [2.75, 3.05) is 51.0 Å². The number of hydrogen-bond acceptors (Lipinski definition) is 17. The Balaban J connectivity index is 0.000000186. The van der Waals surface area contributed by atoms with Gasteiger partial charge < -0.3 is 45.3 Å². The Labute approximate surface area is 479 Å². The zero-order valence-electron chi connectivity index (χ0n) is 46.3.